The molecule has 0 bridgehead atoms. The highest BCUT2D eigenvalue weighted by molar-refractivity contribution is 7.99. The molecule has 0 radical (unpaired) electrons. The number of rotatable bonds is 4. The van der Waals surface area contributed by atoms with E-state index < -0.39 is 0 Å². The van der Waals surface area contributed by atoms with E-state index in [4.69, 9.17) is 0 Å². The lowest BCUT2D eigenvalue weighted by molar-refractivity contribution is 0.676. The lowest BCUT2D eigenvalue weighted by Crippen LogP contribution is -2.20. The van der Waals surface area contributed by atoms with Crippen LogP contribution in [0.4, 0.5) is 5.82 Å². The molecule has 17 heavy (non-hydrogen) atoms. The molecule has 94 valence electrons. The minimum absolute atomic E-state index is 0.754. The van der Waals surface area contributed by atoms with E-state index in [-0.39, 0.29) is 0 Å². The summed E-state index contributed by atoms with van der Waals surface area (Å²) >= 11 is 2.09. The van der Waals surface area contributed by atoms with Crippen molar-refractivity contribution in [3.05, 3.63) is 17.6 Å². The van der Waals surface area contributed by atoms with Crippen molar-refractivity contribution in [1.29, 1.82) is 0 Å². The van der Waals surface area contributed by atoms with Gasteiger partial charge in [0.2, 0.25) is 0 Å². The average molecular weight is 251 g/mol. The largest absolute Gasteiger partial charge is 0.369 e. The minimum Gasteiger partial charge on any atom is -0.369 e. The number of hydrogen-bond acceptors (Lipinski definition) is 4. The van der Waals surface area contributed by atoms with E-state index in [1.807, 2.05) is 6.92 Å². The van der Waals surface area contributed by atoms with E-state index in [9.17, 15) is 0 Å². The first-order valence-corrected chi connectivity index (χ1v) is 7.53. The van der Waals surface area contributed by atoms with Crippen molar-refractivity contribution >= 4 is 17.6 Å². The molecule has 0 amide bonds. The Morgan fingerprint density at radius 2 is 2.29 bits per heavy atom. The molecule has 4 heteroatoms. The monoisotopic (exact) mass is 251 g/mol. The van der Waals surface area contributed by atoms with Crippen molar-refractivity contribution in [2.75, 3.05) is 17.6 Å². The van der Waals surface area contributed by atoms with Gasteiger partial charge in [-0.1, -0.05) is 13.3 Å². The van der Waals surface area contributed by atoms with Gasteiger partial charge in [0.15, 0.2) is 0 Å². The van der Waals surface area contributed by atoms with E-state index in [1.54, 1.807) is 0 Å². The summed E-state index contributed by atoms with van der Waals surface area (Å²) in [5.74, 6) is 3.17. The molecule has 1 aromatic rings. The zero-order chi connectivity index (χ0) is 12.1. The maximum absolute atomic E-state index is 4.43. The molecule has 1 atom stereocenters. The highest BCUT2D eigenvalue weighted by Gasteiger charge is 2.13. The van der Waals surface area contributed by atoms with Gasteiger partial charge in [-0.05, 0) is 31.9 Å². The third-order valence-corrected chi connectivity index (χ3v) is 4.44. The van der Waals surface area contributed by atoms with Crippen LogP contribution in [0.3, 0.4) is 0 Å². The molecular weight excluding hydrogens is 230 g/mol. The number of nitrogens with one attached hydrogen (secondary N) is 1. The lowest BCUT2D eigenvalue weighted by atomic mass is 10.2. The molecule has 2 rings (SSSR count). The minimum atomic E-state index is 0.754. The zero-order valence-corrected chi connectivity index (χ0v) is 11.5. The predicted octanol–water partition coefficient (Wildman–Crippen LogP) is 3.05. The molecule has 3 nitrogen and oxygen atoms in total. The normalized spacial score (nSPS) is 20.2. The fourth-order valence-corrected chi connectivity index (χ4v) is 3.33. The van der Waals surface area contributed by atoms with Gasteiger partial charge < -0.3 is 5.32 Å². The maximum Gasteiger partial charge on any atom is 0.129 e. The molecule has 1 aliphatic rings. The van der Waals surface area contributed by atoms with Crippen LogP contribution in [0.2, 0.25) is 0 Å². The summed E-state index contributed by atoms with van der Waals surface area (Å²) in [5.41, 5.74) is 1.12. The quantitative estimate of drug-likeness (QED) is 0.892. The number of aryl methyl sites for hydroxylation is 2. The molecule has 1 unspecified atom stereocenters. The van der Waals surface area contributed by atoms with E-state index in [1.165, 1.54) is 25.0 Å². The number of hydrogen-bond donors (Lipinski definition) is 1. The number of nitrogens with zero attached hydrogens (tertiary/aromatic N) is 2. The van der Waals surface area contributed by atoms with Crippen LogP contribution in [0, 0.1) is 6.92 Å². The van der Waals surface area contributed by atoms with Crippen molar-refractivity contribution in [3.8, 4) is 0 Å². The van der Waals surface area contributed by atoms with Gasteiger partial charge in [-0.2, -0.15) is 11.8 Å². The van der Waals surface area contributed by atoms with Crippen LogP contribution in [0.15, 0.2) is 6.07 Å². The molecule has 1 aromatic heterocycles. The van der Waals surface area contributed by atoms with E-state index in [2.05, 4.69) is 40.0 Å². The highest BCUT2D eigenvalue weighted by Crippen LogP contribution is 2.25. The predicted molar refractivity (Wildman–Crippen MR) is 74.7 cm³/mol. The Morgan fingerprint density at radius 1 is 1.41 bits per heavy atom. The van der Waals surface area contributed by atoms with E-state index in [0.29, 0.717) is 0 Å². The molecule has 0 aromatic carbocycles. The summed E-state index contributed by atoms with van der Waals surface area (Å²) in [4.78, 5) is 8.83. The summed E-state index contributed by atoms with van der Waals surface area (Å²) < 4.78 is 0. The zero-order valence-electron chi connectivity index (χ0n) is 10.7. The number of thioether (sulfide) groups is 1. The molecule has 0 aliphatic carbocycles. The average Bonchev–Trinajstić information content (AvgIpc) is 2.37. The third kappa shape index (κ3) is 3.87. The van der Waals surface area contributed by atoms with Gasteiger partial charge in [0.05, 0.1) is 0 Å². The molecule has 0 spiro atoms. The smallest absolute Gasteiger partial charge is 0.129 e. The first-order chi connectivity index (χ1) is 8.28. The van der Waals surface area contributed by atoms with Crippen LogP contribution >= 0.6 is 11.8 Å². The van der Waals surface area contributed by atoms with Gasteiger partial charge in [-0.25, -0.2) is 9.97 Å². The summed E-state index contributed by atoms with van der Waals surface area (Å²) in [7, 11) is 0. The second kappa shape index (κ2) is 6.24. The summed E-state index contributed by atoms with van der Waals surface area (Å²) in [6.45, 7) is 5.12. The number of aromatic nitrogens is 2. The fourth-order valence-electron chi connectivity index (χ4n) is 2.09. The maximum atomic E-state index is 4.43. The van der Waals surface area contributed by atoms with Gasteiger partial charge in [-0.3, -0.25) is 0 Å². The van der Waals surface area contributed by atoms with Gasteiger partial charge in [-0.15, -0.1) is 0 Å². The van der Waals surface area contributed by atoms with Crippen molar-refractivity contribution in [3.63, 3.8) is 0 Å². The second-order valence-electron chi connectivity index (χ2n) is 4.51. The highest BCUT2D eigenvalue weighted by atomic mass is 32.2. The molecule has 0 saturated carbocycles. The molecule has 2 heterocycles. The van der Waals surface area contributed by atoms with Crippen LogP contribution < -0.4 is 5.32 Å². The second-order valence-corrected chi connectivity index (χ2v) is 5.92. The number of anilines is 1. The SMILES string of the molecule is CCc1cc(NCC2CCCCS2)nc(C)n1. The topological polar surface area (TPSA) is 37.8 Å². The molecule has 1 fully saturated rings. The van der Waals surface area contributed by atoms with Gasteiger partial charge in [0.25, 0.3) is 0 Å². The van der Waals surface area contributed by atoms with Crippen molar-refractivity contribution < 1.29 is 0 Å². The van der Waals surface area contributed by atoms with Gasteiger partial charge in [0, 0.05) is 23.6 Å². The molecular formula is C13H21N3S. The van der Waals surface area contributed by atoms with Crippen molar-refractivity contribution in [2.24, 2.45) is 0 Å². The van der Waals surface area contributed by atoms with E-state index in [0.717, 1.165) is 35.6 Å². The van der Waals surface area contributed by atoms with E-state index >= 15 is 0 Å². The van der Waals surface area contributed by atoms with Crippen LogP contribution in [0.1, 0.15) is 37.7 Å². The molecule has 1 N–H and O–H groups in total. The van der Waals surface area contributed by atoms with Crippen LogP contribution in [0.25, 0.3) is 0 Å². The summed E-state index contributed by atoms with van der Waals surface area (Å²) in [5, 5.41) is 4.21. The summed E-state index contributed by atoms with van der Waals surface area (Å²) in [6.07, 6.45) is 5.06. The fraction of sp³-hybridized carbons (Fsp3) is 0.692. The standard InChI is InChI=1S/C13H21N3S/c1-3-11-8-13(16-10(2)15-11)14-9-12-6-4-5-7-17-12/h8,12H,3-7,9H2,1-2H3,(H,14,15,16). The Kier molecular flexibility index (Phi) is 4.66. The lowest BCUT2D eigenvalue weighted by Gasteiger charge is -2.21. The van der Waals surface area contributed by atoms with Gasteiger partial charge in [0.1, 0.15) is 11.6 Å². The first kappa shape index (κ1) is 12.7. The Bertz CT molecular complexity index is 362. The van der Waals surface area contributed by atoms with Crippen molar-refractivity contribution in [1.82, 2.24) is 9.97 Å². The van der Waals surface area contributed by atoms with Crippen LogP contribution in [0.5, 0.6) is 0 Å². The van der Waals surface area contributed by atoms with Gasteiger partial charge >= 0.3 is 0 Å². The van der Waals surface area contributed by atoms with Crippen molar-refractivity contribution in [2.45, 2.75) is 44.8 Å². The van der Waals surface area contributed by atoms with Crippen LogP contribution in [-0.4, -0.2) is 27.5 Å². The Hall–Kier alpha value is -0.770. The molecule has 1 saturated heterocycles. The van der Waals surface area contributed by atoms with Crippen LogP contribution in [-0.2, 0) is 6.42 Å². The summed E-state index contributed by atoms with van der Waals surface area (Å²) in [6, 6.07) is 2.07. The first-order valence-electron chi connectivity index (χ1n) is 6.48. The Balaban J connectivity index is 1.91. The third-order valence-electron chi connectivity index (χ3n) is 3.04. The Labute approximate surface area is 108 Å². The Morgan fingerprint density at radius 3 is 3.00 bits per heavy atom. The molecule has 1 aliphatic heterocycles.